The smallest absolute Gasteiger partial charge is 0.234 e. The van der Waals surface area contributed by atoms with E-state index >= 15 is 0 Å². The summed E-state index contributed by atoms with van der Waals surface area (Å²) in [6.07, 6.45) is -0.172. The lowest BCUT2D eigenvalue weighted by molar-refractivity contribution is -0.127. The van der Waals surface area contributed by atoms with Gasteiger partial charge in [-0.1, -0.05) is 54.6 Å². The highest BCUT2D eigenvalue weighted by atomic mass is 32.2. The van der Waals surface area contributed by atoms with Gasteiger partial charge in [-0.15, -0.1) is 11.8 Å². The van der Waals surface area contributed by atoms with Crippen LogP contribution in [0, 0.1) is 5.92 Å². The summed E-state index contributed by atoms with van der Waals surface area (Å²) >= 11 is 1.37. The fraction of sp³-hybridized carbons (Fsp3) is 0.217. The Morgan fingerprint density at radius 3 is 2.68 bits per heavy atom. The van der Waals surface area contributed by atoms with Crippen LogP contribution in [0.4, 0.5) is 11.4 Å². The molecule has 2 aliphatic rings. The second-order valence-corrected chi connectivity index (χ2v) is 8.65. The Balaban J connectivity index is 1.22. The molecule has 3 atom stereocenters. The Kier molecular flexibility index (Phi) is 5.50. The number of carbonyl (C=O) groups is 2. The quantitative estimate of drug-likeness (QED) is 0.495. The van der Waals surface area contributed by atoms with Crippen LogP contribution in [-0.4, -0.2) is 35.8 Å². The van der Waals surface area contributed by atoms with Gasteiger partial charge in [-0.05, 0) is 23.6 Å². The minimum absolute atomic E-state index is 0.0124. The van der Waals surface area contributed by atoms with Crippen LogP contribution in [0.2, 0.25) is 0 Å². The van der Waals surface area contributed by atoms with Crippen molar-refractivity contribution < 1.29 is 9.59 Å². The summed E-state index contributed by atoms with van der Waals surface area (Å²) in [5.74, 6) is -0.0932. The molecule has 3 aromatic rings. The van der Waals surface area contributed by atoms with E-state index in [1.165, 1.54) is 11.8 Å². The first kappa shape index (κ1) is 19.9. The molecule has 2 fully saturated rings. The van der Waals surface area contributed by atoms with E-state index in [-0.39, 0.29) is 35.1 Å². The van der Waals surface area contributed by atoms with Crippen LogP contribution in [0.3, 0.4) is 0 Å². The van der Waals surface area contributed by atoms with E-state index < -0.39 is 0 Å². The van der Waals surface area contributed by atoms with Crippen LogP contribution >= 0.6 is 11.8 Å². The van der Waals surface area contributed by atoms with Gasteiger partial charge in [-0.25, -0.2) is 5.43 Å². The number of anilines is 2. The zero-order chi connectivity index (χ0) is 21.2. The average molecular weight is 434 g/mol. The summed E-state index contributed by atoms with van der Waals surface area (Å²) in [6.45, 7) is 0.567. The number of hydrogen-bond acceptors (Lipinski definition) is 6. The molecule has 0 aromatic heterocycles. The van der Waals surface area contributed by atoms with Gasteiger partial charge in [0.2, 0.25) is 11.8 Å². The molecule has 2 aliphatic heterocycles. The fourth-order valence-electron chi connectivity index (χ4n) is 4.06. The molecular formula is C23H23N5O2S. The summed E-state index contributed by atoms with van der Waals surface area (Å²) in [4.78, 5) is 25.2. The molecule has 3 unspecified atom stereocenters. The molecule has 5 rings (SSSR count). The molecule has 4 N–H and O–H groups in total. The van der Waals surface area contributed by atoms with Gasteiger partial charge in [-0.3, -0.25) is 19.9 Å². The monoisotopic (exact) mass is 433 g/mol. The second-order valence-electron chi connectivity index (χ2n) is 7.56. The van der Waals surface area contributed by atoms with E-state index in [1.54, 1.807) is 0 Å². The number of thioether (sulfide) groups is 1. The highest BCUT2D eigenvalue weighted by Crippen LogP contribution is 2.27. The Morgan fingerprint density at radius 2 is 1.81 bits per heavy atom. The van der Waals surface area contributed by atoms with E-state index in [0.29, 0.717) is 6.54 Å². The molecule has 2 amide bonds. The van der Waals surface area contributed by atoms with Crippen LogP contribution < -0.4 is 26.4 Å². The number of para-hydroxylation sites is 1. The third-order valence-corrected chi connectivity index (χ3v) is 6.57. The number of amides is 2. The Labute approximate surface area is 184 Å². The van der Waals surface area contributed by atoms with Gasteiger partial charge in [0.15, 0.2) is 0 Å². The van der Waals surface area contributed by atoms with Crippen molar-refractivity contribution in [2.45, 2.75) is 11.7 Å². The second kappa shape index (κ2) is 8.58. The Hall–Kier alpha value is -3.07. The van der Waals surface area contributed by atoms with E-state index in [9.17, 15) is 9.59 Å². The van der Waals surface area contributed by atoms with Crippen molar-refractivity contribution in [1.29, 1.82) is 0 Å². The standard InChI is InChI=1S/C23H23N5O2S/c29-20(25-19-12-6-8-15-7-4-5-11-17(15)19)14-31-23-26-21-18(22(30)27-23)13-24-28(21)16-9-2-1-3-10-16/h1-12,18,21,23-24,26H,13-14H2,(H,25,29)(H,27,30). The molecule has 8 heteroatoms. The molecular weight excluding hydrogens is 410 g/mol. The van der Waals surface area contributed by atoms with Crippen LogP contribution in [0.25, 0.3) is 10.8 Å². The van der Waals surface area contributed by atoms with Gasteiger partial charge in [-0.2, -0.15) is 0 Å². The number of hydrogen-bond donors (Lipinski definition) is 4. The highest BCUT2D eigenvalue weighted by Gasteiger charge is 2.44. The first-order valence-corrected chi connectivity index (χ1v) is 11.3. The van der Waals surface area contributed by atoms with Crippen molar-refractivity contribution in [2.24, 2.45) is 5.92 Å². The Bertz CT molecular complexity index is 1100. The van der Waals surface area contributed by atoms with Gasteiger partial charge in [0.25, 0.3) is 0 Å². The maximum absolute atomic E-state index is 12.6. The summed E-state index contributed by atoms with van der Waals surface area (Å²) in [5.41, 5.74) is 4.74. The van der Waals surface area contributed by atoms with Crippen molar-refractivity contribution in [3.63, 3.8) is 0 Å². The molecule has 0 aliphatic carbocycles. The number of benzene rings is 3. The lowest BCUT2D eigenvalue weighted by atomic mass is 10.1. The fourth-order valence-corrected chi connectivity index (χ4v) is 4.88. The summed E-state index contributed by atoms with van der Waals surface area (Å²) in [7, 11) is 0. The highest BCUT2D eigenvalue weighted by molar-refractivity contribution is 8.00. The van der Waals surface area contributed by atoms with Crippen molar-refractivity contribution in [1.82, 2.24) is 16.1 Å². The van der Waals surface area contributed by atoms with E-state index in [4.69, 9.17) is 0 Å². The molecule has 0 spiro atoms. The van der Waals surface area contributed by atoms with Crippen molar-refractivity contribution in [3.8, 4) is 0 Å². The van der Waals surface area contributed by atoms with Crippen LogP contribution in [0.15, 0.2) is 72.8 Å². The predicted molar refractivity (Wildman–Crippen MR) is 124 cm³/mol. The van der Waals surface area contributed by atoms with Crippen molar-refractivity contribution in [2.75, 3.05) is 22.6 Å². The van der Waals surface area contributed by atoms with Gasteiger partial charge in [0.05, 0.1) is 17.4 Å². The first-order valence-electron chi connectivity index (χ1n) is 10.2. The maximum Gasteiger partial charge on any atom is 0.234 e. The number of fused-ring (bicyclic) bond motifs is 2. The number of carbonyl (C=O) groups excluding carboxylic acids is 2. The summed E-state index contributed by atoms with van der Waals surface area (Å²) in [6, 6.07) is 23.7. The number of nitrogens with one attached hydrogen (secondary N) is 4. The molecule has 158 valence electrons. The number of hydrazine groups is 1. The minimum Gasteiger partial charge on any atom is -0.331 e. The van der Waals surface area contributed by atoms with Crippen LogP contribution in [0.5, 0.6) is 0 Å². The van der Waals surface area contributed by atoms with Crippen LogP contribution in [-0.2, 0) is 9.59 Å². The summed E-state index contributed by atoms with van der Waals surface area (Å²) in [5, 5.41) is 13.5. The topological polar surface area (TPSA) is 85.5 Å². The molecule has 0 saturated carbocycles. The first-order chi connectivity index (χ1) is 15.2. The van der Waals surface area contributed by atoms with E-state index in [0.717, 1.165) is 22.1 Å². The van der Waals surface area contributed by atoms with Gasteiger partial charge < -0.3 is 10.6 Å². The predicted octanol–water partition coefficient (Wildman–Crippen LogP) is 2.48. The molecule has 0 radical (unpaired) electrons. The van der Waals surface area contributed by atoms with Crippen LogP contribution in [0.1, 0.15) is 0 Å². The molecule has 3 aromatic carbocycles. The largest absolute Gasteiger partial charge is 0.331 e. The van der Waals surface area contributed by atoms with E-state index in [1.807, 2.05) is 77.8 Å². The summed E-state index contributed by atoms with van der Waals surface area (Å²) < 4.78 is 0. The molecule has 31 heavy (non-hydrogen) atoms. The van der Waals surface area contributed by atoms with Gasteiger partial charge in [0, 0.05) is 17.6 Å². The lowest BCUT2D eigenvalue weighted by Crippen LogP contribution is -2.63. The van der Waals surface area contributed by atoms with Gasteiger partial charge in [0.1, 0.15) is 11.7 Å². The van der Waals surface area contributed by atoms with Gasteiger partial charge >= 0.3 is 0 Å². The lowest BCUT2D eigenvalue weighted by Gasteiger charge is -2.37. The molecule has 2 saturated heterocycles. The third-order valence-electron chi connectivity index (χ3n) is 5.55. The third kappa shape index (κ3) is 4.10. The maximum atomic E-state index is 12.6. The minimum atomic E-state index is -0.349. The van der Waals surface area contributed by atoms with Crippen molar-refractivity contribution >= 4 is 45.7 Å². The molecule has 7 nitrogen and oxygen atoms in total. The van der Waals surface area contributed by atoms with Crippen molar-refractivity contribution in [3.05, 3.63) is 72.8 Å². The van der Waals surface area contributed by atoms with E-state index in [2.05, 4.69) is 21.4 Å². The molecule has 2 heterocycles. The number of nitrogens with zero attached hydrogens (tertiary/aromatic N) is 1. The Morgan fingerprint density at radius 1 is 1.03 bits per heavy atom. The molecule has 0 bridgehead atoms. The SMILES string of the molecule is O=C(CSC1NC(=O)C2CNN(c3ccccc3)C2N1)Nc1cccc2ccccc12. The zero-order valence-corrected chi connectivity index (χ0v) is 17.6. The zero-order valence-electron chi connectivity index (χ0n) is 16.7. The normalized spacial score (nSPS) is 22.8. The average Bonchev–Trinajstić information content (AvgIpc) is 3.23. The number of rotatable bonds is 5.